The summed E-state index contributed by atoms with van der Waals surface area (Å²) in [5.41, 5.74) is 0.578. The number of hydrogen-bond donors (Lipinski definition) is 2. The van der Waals surface area contributed by atoms with Gasteiger partial charge in [-0.3, -0.25) is 4.79 Å². The molecular formula is C11H9FO3. The van der Waals surface area contributed by atoms with Crippen LogP contribution in [0, 0.1) is 17.7 Å². The van der Waals surface area contributed by atoms with Crippen molar-refractivity contribution in [2.45, 2.75) is 6.42 Å². The van der Waals surface area contributed by atoms with E-state index in [0.29, 0.717) is 5.56 Å². The number of carbonyl (C=O) groups is 1. The number of carboxylic acid groups (broad SMARTS) is 1. The van der Waals surface area contributed by atoms with Crippen molar-refractivity contribution in [1.29, 1.82) is 0 Å². The zero-order chi connectivity index (χ0) is 11.3. The van der Waals surface area contributed by atoms with Gasteiger partial charge >= 0.3 is 5.97 Å². The summed E-state index contributed by atoms with van der Waals surface area (Å²) in [6, 6.07) is 3.97. The van der Waals surface area contributed by atoms with Gasteiger partial charge in [0.15, 0.2) is 0 Å². The van der Waals surface area contributed by atoms with Gasteiger partial charge in [-0.15, -0.1) is 0 Å². The average molecular weight is 208 g/mol. The summed E-state index contributed by atoms with van der Waals surface area (Å²) in [4.78, 5) is 10.4. The number of halogens is 1. The van der Waals surface area contributed by atoms with E-state index in [9.17, 15) is 9.18 Å². The number of rotatable bonds is 2. The molecule has 0 bridgehead atoms. The second kappa shape index (κ2) is 5.13. The first-order valence-electron chi connectivity index (χ1n) is 4.23. The Morgan fingerprint density at radius 2 is 2.20 bits per heavy atom. The molecule has 0 aliphatic rings. The van der Waals surface area contributed by atoms with Gasteiger partial charge in [-0.2, -0.15) is 0 Å². The van der Waals surface area contributed by atoms with Gasteiger partial charge in [0.25, 0.3) is 0 Å². The molecule has 15 heavy (non-hydrogen) atoms. The maximum absolute atomic E-state index is 13.1. The fraction of sp³-hybridized carbons (Fsp3) is 0.182. The Labute approximate surface area is 86.2 Å². The lowest BCUT2D eigenvalue weighted by atomic mass is 10.1. The third-order valence-electron chi connectivity index (χ3n) is 1.70. The lowest BCUT2D eigenvalue weighted by molar-refractivity contribution is -0.136. The van der Waals surface area contributed by atoms with Crippen molar-refractivity contribution in [3.63, 3.8) is 0 Å². The number of carboxylic acids is 1. The highest BCUT2D eigenvalue weighted by Crippen LogP contribution is 2.10. The van der Waals surface area contributed by atoms with Gasteiger partial charge in [0, 0.05) is 11.1 Å². The summed E-state index contributed by atoms with van der Waals surface area (Å²) >= 11 is 0. The molecule has 4 heteroatoms. The standard InChI is InChI=1S/C11H9FO3/c12-10-4-3-8(2-1-5-13)6-9(10)7-11(14)15/h3-4,6,13H,5,7H2,(H,14,15). The molecule has 0 fully saturated rings. The maximum atomic E-state index is 13.1. The van der Waals surface area contributed by atoms with E-state index in [1.54, 1.807) is 0 Å². The summed E-state index contributed by atoms with van der Waals surface area (Å²) in [6.45, 7) is -0.286. The van der Waals surface area contributed by atoms with Gasteiger partial charge in [-0.25, -0.2) is 4.39 Å². The molecule has 0 heterocycles. The smallest absolute Gasteiger partial charge is 0.307 e. The summed E-state index contributed by atoms with van der Waals surface area (Å²) in [6.07, 6.45) is -0.375. The molecule has 78 valence electrons. The summed E-state index contributed by atoms with van der Waals surface area (Å²) in [7, 11) is 0. The summed E-state index contributed by atoms with van der Waals surface area (Å²) in [5.74, 6) is 3.32. The third kappa shape index (κ3) is 3.41. The highest BCUT2D eigenvalue weighted by atomic mass is 19.1. The third-order valence-corrected chi connectivity index (χ3v) is 1.70. The van der Waals surface area contributed by atoms with E-state index in [0.717, 1.165) is 0 Å². The van der Waals surface area contributed by atoms with Crippen molar-refractivity contribution < 1.29 is 19.4 Å². The van der Waals surface area contributed by atoms with Crippen LogP contribution < -0.4 is 0 Å². The molecule has 0 saturated carbocycles. The monoisotopic (exact) mass is 208 g/mol. The van der Waals surface area contributed by atoms with Crippen LogP contribution in [0.5, 0.6) is 0 Å². The van der Waals surface area contributed by atoms with Gasteiger partial charge in [0.05, 0.1) is 6.42 Å². The first-order chi connectivity index (χ1) is 7.13. The average Bonchev–Trinajstić information content (AvgIpc) is 2.18. The van der Waals surface area contributed by atoms with Crippen LogP contribution in [-0.4, -0.2) is 22.8 Å². The van der Waals surface area contributed by atoms with Crippen LogP contribution in [0.25, 0.3) is 0 Å². The molecule has 2 N–H and O–H groups in total. The van der Waals surface area contributed by atoms with Gasteiger partial charge in [0.1, 0.15) is 12.4 Å². The Bertz CT molecular complexity index is 429. The predicted molar refractivity (Wildman–Crippen MR) is 51.7 cm³/mol. The normalized spacial score (nSPS) is 9.20. The zero-order valence-corrected chi connectivity index (χ0v) is 7.83. The Balaban J connectivity index is 2.99. The Morgan fingerprint density at radius 1 is 1.47 bits per heavy atom. The number of aliphatic carboxylic acids is 1. The number of aliphatic hydroxyl groups excluding tert-OH is 1. The lowest BCUT2D eigenvalue weighted by Crippen LogP contribution is -2.02. The minimum Gasteiger partial charge on any atom is -0.481 e. The van der Waals surface area contributed by atoms with E-state index in [1.807, 2.05) is 0 Å². The minimum atomic E-state index is -1.10. The molecule has 0 saturated heterocycles. The second-order valence-corrected chi connectivity index (χ2v) is 2.84. The van der Waals surface area contributed by atoms with Crippen LogP contribution >= 0.6 is 0 Å². The Kier molecular flexibility index (Phi) is 3.83. The van der Waals surface area contributed by atoms with Crippen LogP contribution in [0.1, 0.15) is 11.1 Å². The Morgan fingerprint density at radius 3 is 2.80 bits per heavy atom. The van der Waals surface area contributed by atoms with Gasteiger partial charge in [0.2, 0.25) is 0 Å². The van der Waals surface area contributed by atoms with Crippen molar-refractivity contribution >= 4 is 5.97 Å². The van der Waals surface area contributed by atoms with Crippen molar-refractivity contribution in [2.75, 3.05) is 6.61 Å². The van der Waals surface area contributed by atoms with E-state index in [-0.39, 0.29) is 18.6 Å². The van der Waals surface area contributed by atoms with Crippen molar-refractivity contribution in [3.8, 4) is 11.8 Å². The molecule has 1 aromatic rings. The SMILES string of the molecule is O=C(O)Cc1cc(C#CCO)ccc1F. The number of hydrogen-bond acceptors (Lipinski definition) is 2. The fourth-order valence-corrected chi connectivity index (χ4v) is 1.09. The molecule has 0 aromatic heterocycles. The fourth-order valence-electron chi connectivity index (χ4n) is 1.09. The molecule has 0 atom stereocenters. The molecule has 0 aliphatic heterocycles. The van der Waals surface area contributed by atoms with E-state index in [2.05, 4.69) is 11.8 Å². The molecule has 0 amide bonds. The van der Waals surface area contributed by atoms with Crippen LogP contribution in [0.15, 0.2) is 18.2 Å². The predicted octanol–water partition coefficient (Wildman–Crippen LogP) is 0.797. The first-order valence-corrected chi connectivity index (χ1v) is 4.23. The van der Waals surface area contributed by atoms with Crippen molar-refractivity contribution in [2.24, 2.45) is 0 Å². The van der Waals surface area contributed by atoms with Crippen LogP contribution in [0.3, 0.4) is 0 Å². The Hall–Kier alpha value is -1.86. The minimum absolute atomic E-state index is 0.0900. The molecule has 0 radical (unpaired) electrons. The van der Waals surface area contributed by atoms with Crippen LogP contribution in [0.2, 0.25) is 0 Å². The van der Waals surface area contributed by atoms with Crippen LogP contribution in [0.4, 0.5) is 4.39 Å². The number of aliphatic hydroxyl groups is 1. The van der Waals surface area contributed by atoms with E-state index < -0.39 is 11.8 Å². The highest BCUT2D eigenvalue weighted by molar-refractivity contribution is 5.70. The summed E-state index contributed by atoms with van der Waals surface area (Å²) < 4.78 is 13.1. The molecule has 0 aliphatic carbocycles. The molecule has 0 unspecified atom stereocenters. The number of benzene rings is 1. The van der Waals surface area contributed by atoms with E-state index in [1.165, 1.54) is 18.2 Å². The lowest BCUT2D eigenvalue weighted by Gasteiger charge is -2.00. The highest BCUT2D eigenvalue weighted by Gasteiger charge is 2.06. The maximum Gasteiger partial charge on any atom is 0.307 e. The van der Waals surface area contributed by atoms with Crippen molar-refractivity contribution in [1.82, 2.24) is 0 Å². The first kappa shape index (κ1) is 11.2. The molecule has 1 aromatic carbocycles. The van der Waals surface area contributed by atoms with Gasteiger partial charge in [-0.1, -0.05) is 11.8 Å². The molecule has 1 rings (SSSR count). The topological polar surface area (TPSA) is 57.5 Å². The van der Waals surface area contributed by atoms with Gasteiger partial charge < -0.3 is 10.2 Å². The quantitative estimate of drug-likeness (QED) is 0.707. The van der Waals surface area contributed by atoms with E-state index in [4.69, 9.17) is 10.2 Å². The van der Waals surface area contributed by atoms with Crippen molar-refractivity contribution in [3.05, 3.63) is 35.1 Å². The second-order valence-electron chi connectivity index (χ2n) is 2.84. The molecule has 0 spiro atoms. The largest absolute Gasteiger partial charge is 0.481 e. The summed E-state index contributed by atoms with van der Waals surface area (Å²) in [5, 5.41) is 17.0. The zero-order valence-electron chi connectivity index (χ0n) is 7.83. The molecule has 3 nitrogen and oxygen atoms in total. The molecular weight excluding hydrogens is 199 g/mol. The van der Waals surface area contributed by atoms with Crippen LogP contribution in [-0.2, 0) is 11.2 Å². The van der Waals surface area contributed by atoms with E-state index >= 15 is 0 Å². The van der Waals surface area contributed by atoms with Gasteiger partial charge in [-0.05, 0) is 18.2 Å².